The lowest BCUT2D eigenvalue weighted by atomic mass is 9.87. The van der Waals surface area contributed by atoms with E-state index < -0.39 is 0 Å². The van der Waals surface area contributed by atoms with E-state index in [0.29, 0.717) is 12.0 Å². The van der Waals surface area contributed by atoms with Crippen LogP contribution in [0.3, 0.4) is 0 Å². The molecule has 2 atom stereocenters. The number of hydrogen-bond donors (Lipinski definition) is 1. The van der Waals surface area contributed by atoms with Crippen LogP contribution in [0.5, 0.6) is 0 Å². The summed E-state index contributed by atoms with van der Waals surface area (Å²) < 4.78 is 0. The fraction of sp³-hybridized carbons (Fsp3) is 0.647. The zero-order valence-electron chi connectivity index (χ0n) is 12.4. The summed E-state index contributed by atoms with van der Waals surface area (Å²) in [6.07, 6.45) is 4.06. The summed E-state index contributed by atoms with van der Waals surface area (Å²) in [5.74, 6) is 0.689. The van der Waals surface area contributed by atoms with E-state index in [1.807, 2.05) is 0 Å². The van der Waals surface area contributed by atoms with Gasteiger partial charge in [-0.1, -0.05) is 18.2 Å². The number of nitrogens with zero attached hydrogens (tertiary/aromatic N) is 1. The molecule has 0 aromatic heterocycles. The average Bonchev–Trinajstić information content (AvgIpc) is 3.16. The van der Waals surface area contributed by atoms with Crippen LogP contribution < -0.4 is 5.32 Å². The second-order valence-corrected chi connectivity index (χ2v) is 6.64. The molecule has 3 rings (SSSR count). The summed E-state index contributed by atoms with van der Waals surface area (Å²) in [6, 6.07) is 8.51. The van der Waals surface area contributed by atoms with E-state index >= 15 is 0 Å². The molecule has 0 amide bonds. The Morgan fingerprint density at radius 2 is 1.84 bits per heavy atom. The second-order valence-electron chi connectivity index (χ2n) is 6.64. The molecule has 1 heterocycles. The molecule has 1 saturated carbocycles. The Hall–Kier alpha value is -0.860. The van der Waals surface area contributed by atoms with Gasteiger partial charge in [-0.05, 0) is 62.8 Å². The van der Waals surface area contributed by atoms with Gasteiger partial charge in [0.15, 0.2) is 0 Å². The summed E-state index contributed by atoms with van der Waals surface area (Å²) in [6.45, 7) is 6.83. The van der Waals surface area contributed by atoms with Gasteiger partial charge < -0.3 is 10.2 Å². The van der Waals surface area contributed by atoms with Crippen molar-refractivity contribution in [1.82, 2.24) is 10.2 Å². The van der Waals surface area contributed by atoms with Crippen LogP contribution >= 0.6 is 0 Å². The van der Waals surface area contributed by atoms with Crippen molar-refractivity contribution in [3.05, 3.63) is 34.9 Å². The molecular formula is C17H26N2. The van der Waals surface area contributed by atoms with E-state index in [9.17, 15) is 0 Å². The number of nitrogens with one attached hydrogen (secondary N) is 1. The molecule has 2 fully saturated rings. The van der Waals surface area contributed by atoms with Crippen molar-refractivity contribution < 1.29 is 0 Å². The van der Waals surface area contributed by atoms with Crippen LogP contribution in [0.2, 0.25) is 0 Å². The van der Waals surface area contributed by atoms with Crippen molar-refractivity contribution in [3.63, 3.8) is 0 Å². The molecule has 0 bridgehead atoms. The number of likely N-dealkylation sites (tertiary alicyclic amines) is 1. The molecule has 2 aliphatic rings. The summed E-state index contributed by atoms with van der Waals surface area (Å²) in [7, 11) is 2.26. The lowest BCUT2D eigenvalue weighted by Gasteiger charge is -2.36. The molecule has 2 nitrogen and oxygen atoms in total. The largest absolute Gasteiger partial charge is 0.310 e. The zero-order chi connectivity index (χ0) is 13.4. The van der Waals surface area contributed by atoms with Crippen molar-refractivity contribution >= 4 is 0 Å². The summed E-state index contributed by atoms with van der Waals surface area (Å²) in [5.41, 5.74) is 4.36. The highest BCUT2D eigenvalue weighted by Crippen LogP contribution is 2.29. The first-order chi connectivity index (χ1) is 9.11. The van der Waals surface area contributed by atoms with E-state index in [-0.39, 0.29) is 0 Å². The molecular weight excluding hydrogens is 232 g/mol. The second kappa shape index (κ2) is 5.26. The minimum absolute atomic E-state index is 0.679. The number of aryl methyl sites for hydroxylation is 2. The lowest BCUT2D eigenvalue weighted by Crippen LogP contribution is -2.47. The van der Waals surface area contributed by atoms with Crippen LogP contribution in [0.4, 0.5) is 0 Å². The highest BCUT2D eigenvalue weighted by molar-refractivity contribution is 5.32. The Balaban J connectivity index is 1.72. The van der Waals surface area contributed by atoms with Gasteiger partial charge in [0.05, 0.1) is 0 Å². The minimum Gasteiger partial charge on any atom is -0.310 e. The molecule has 0 spiro atoms. The van der Waals surface area contributed by atoms with Crippen molar-refractivity contribution in [2.45, 2.75) is 51.1 Å². The van der Waals surface area contributed by atoms with Crippen molar-refractivity contribution in [2.75, 3.05) is 20.1 Å². The van der Waals surface area contributed by atoms with E-state index in [1.54, 1.807) is 0 Å². The Morgan fingerprint density at radius 3 is 2.53 bits per heavy atom. The fourth-order valence-electron chi connectivity index (χ4n) is 3.28. The number of likely N-dealkylation sites (N-methyl/N-ethyl adjacent to an activating group) is 1. The quantitative estimate of drug-likeness (QED) is 0.897. The first-order valence-corrected chi connectivity index (χ1v) is 7.63. The van der Waals surface area contributed by atoms with Crippen LogP contribution in [-0.4, -0.2) is 37.1 Å². The average molecular weight is 258 g/mol. The Kier molecular flexibility index (Phi) is 3.64. The third-order valence-electron chi connectivity index (χ3n) is 4.68. The van der Waals surface area contributed by atoms with Gasteiger partial charge in [0.2, 0.25) is 0 Å². The number of benzene rings is 1. The zero-order valence-corrected chi connectivity index (χ0v) is 12.4. The standard InChI is InChI=1S/C17H26N2/c1-12-4-5-14(8-13(12)2)15-9-17(11-19(3)10-15)18-16-6-7-16/h4-5,8,15-18H,6-7,9-11H2,1-3H3. The summed E-state index contributed by atoms with van der Waals surface area (Å²) in [5, 5.41) is 3.81. The van der Waals surface area contributed by atoms with Gasteiger partial charge in [-0.2, -0.15) is 0 Å². The highest BCUT2D eigenvalue weighted by atomic mass is 15.2. The lowest BCUT2D eigenvalue weighted by molar-refractivity contribution is 0.203. The molecule has 104 valence electrons. The van der Waals surface area contributed by atoms with Crippen molar-refractivity contribution in [2.24, 2.45) is 0 Å². The third kappa shape index (κ3) is 3.18. The fourth-order valence-corrected chi connectivity index (χ4v) is 3.28. The Bertz CT molecular complexity index is 449. The van der Waals surface area contributed by atoms with Gasteiger partial charge in [-0.15, -0.1) is 0 Å². The van der Waals surface area contributed by atoms with E-state index in [2.05, 4.69) is 49.3 Å². The third-order valence-corrected chi connectivity index (χ3v) is 4.68. The van der Waals surface area contributed by atoms with E-state index in [4.69, 9.17) is 0 Å². The van der Waals surface area contributed by atoms with Crippen molar-refractivity contribution in [3.8, 4) is 0 Å². The highest BCUT2D eigenvalue weighted by Gasteiger charge is 2.30. The maximum absolute atomic E-state index is 3.81. The van der Waals surface area contributed by atoms with Crippen LogP contribution in [-0.2, 0) is 0 Å². The predicted octanol–water partition coefficient (Wildman–Crippen LogP) is 2.84. The molecule has 1 saturated heterocycles. The molecule has 1 aromatic carbocycles. The molecule has 2 heteroatoms. The summed E-state index contributed by atoms with van der Waals surface area (Å²) >= 11 is 0. The van der Waals surface area contributed by atoms with Gasteiger partial charge in [0.1, 0.15) is 0 Å². The van der Waals surface area contributed by atoms with Crippen LogP contribution in [0.25, 0.3) is 0 Å². The minimum atomic E-state index is 0.679. The Labute approximate surface area is 117 Å². The maximum atomic E-state index is 3.81. The molecule has 1 aliphatic heterocycles. The van der Waals surface area contributed by atoms with Gasteiger partial charge >= 0.3 is 0 Å². The molecule has 19 heavy (non-hydrogen) atoms. The molecule has 1 N–H and O–H groups in total. The number of piperidine rings is 1. The van der Waals surface area contributed by atoms with E-state index in [0.717, 1.165) is 6.04 Å². The van der Waals surface area contributed by atoms with E-state index in [1.165, 1.54) is 49.0 Å². The molecule has 0 radical (unpaired) electrons. The normalized spacial score (nSPS) is 28.6. The number of rotatable bonds is 3. The molecule has 2 unspecified atom stereocenters. The monoisotopic (exact) mass is 258 g/mol. The Morgan fingerprint density at radius 1 is 1.05 bits per heavy atom. The van der Waals surface area contributed by atoms with Crippen LogP contribution in [0.1, 0.15) is 41.9 Å². The first-order valence-electron chi connectivity index (χ1n) is 7.63. The van der Waals surface area contributed by atoms with Crippen LogP contribution in [0.15, 0.2) is 18.2 Å². The maximum Gasteiger partial charge on any atom is 0.0203 e. The SMILES string of the molecule is Cc1ccc(C2CC(NC3CC3)CN(C)C2)cc1C. The van der Waals surface area contributed by atoms with Crippen molar-refractivity contribution in [1.29, 1.82) is 0 Å². The van der Waals surface area contributed by atoms with Gasteiger partial charge in [0, 0.05) is 25.2 Å². The molecule has 1 aromatic rings. The van der Waals surface area contributed by atoms with Crippen LogP contribution in [0, 0.1) is 13.8 Å². The van der Waals surface area contributed by atoms with Gasteiger partial charge in [-0.3, -0.25) is 0 Å². The smallest absolute Gasteiger partial charge is 0.0203 e. The predicted molar refractivity (Wildman–Crippen MR) is 80.7 cm³/mol. The van der Waals surface area contributed by atoms with Gasteiger partial charge in [0.25, 0.3) is 0 Å². The van der Waals surface area contributed by atoms with Gasteiger partial charge in [-0.25, -0.2) is 0 Å². The molecule has 1 aliphatic carbocycles. The first kappa shape index (κ1) is 13.1. The summed E-state index contributed by atoms with van der Waals surface area (Å²) in [4.78, 5) is 2.49. The number of hydrogen-bond acceptors (Lipinski definition) is 2. The topological polar surface area (TPSA) is 15.3 Å².